The minimum Gasteiger partial charge on any atom is -0.462 e. The molecule has 0 amide bonds. The number of aryl methyl sites for hydroxylation is 1. The summed E-state index contributed by atoms with van der Waals surface area (Å²) in [4.78, 5) is 23.9. The first-order chi connectivity index (χ1) is 11.6. The first kappa shape index (κ1) is 17.5. The Morgan fingerprint density at radius 2 is 1.75 bits per heavy atom. The lowest BCUT2D eigenvalue weighted by Crippen LogP contribution is -2.09. The highest BCUT2D eigenvalue weighted by atomic mass is 16.5. The number of hydrogen-bond donors (Lipinski definition) is 0. The molecule has 0 N–H and O–H groups in total. The minimum absolute atomic E-state index is 0.211. The smallest absolute Gasteiger partial charge is 0.338 e. The Labute approximate surface area is 141 Å². The van der Waals surface area contributed by atoms with Crippen molar-refractivity contribution in [1.82, 2.24) is 0 Å². The Kier molecular flexibility index (Phi) is 6.32. The highest BCUT2D eigenvalue weighted by Crippen LogP contribution is 2.17. The number of ether oxygens (including phenoxy) is 2. The third-order valence-corrected chi connectivity index (χ3v) is 3.41. The highest BCUT2D eigenvalue weighted by Gasteiger charge is 2.13. The second-order valence-corrected chi connectivity index (χ2v) is 5.19. The minimum atomic E-state index is -0.463. The van der Waals surface area contributed by atoms with Gasteiger partial charge in [-0.15, -0.1) is 0 Å². The van der Waals surface area contributed by atoms with Crippen molar-refractivity contribution >= 4 is 18.0 Å². The monoisotopic (exact) mass is 324 g/mol. The van der Waals surface area contributed by atoms with Gasteiger partial charge in [-0.1, -0.05) is 48.5 Å². The fraction of sp³-hybridized carbons (Fsp3) is 0.200. The van der Waals surface area contributed by atoms with Gasteiger partial charge in [0.25, 0.3) is 0 Å². The van der Waals surface area contributed by atoms with E-state index < -0.39 is 11.9 Å². The van der Waals surface area contributed by atoms with E-state index in [1.807, 2.05) is 49.4 Å². The summed E-state index contributed by atoms with van der Waals surface area (Å²) in [6, 6.07) is 14.9. The SMILES string of the molecule is CCOC(=O)c1c(C)cccc1/C=C/C(=O)OCc1ccccc1. The molecular weight excluding hydrogens is 304 g/mol. The van der Waals surface area contributed by atoms with E-state index >= 15 is 0 Å². The number of esters is 2. The number of hydrogen-bond acceptors (Lipinski definition) is 4. The van der Waals surface area contributed by atoms with E-state index in [9.17, 15) is 9.59 Å². The van der Waals surface area contributed by atoms with Crippen LogP contribution in [0.5, 0.6) is 0 Å². The normalized spacial score (nSPS) is 10.6. The van der Waals surface area contributed by atoms with Crippen molar-refractivity contribution in [1.29, 1.82) is 0 Å². The number of rotatable bonds is 6. The summed E-state index contributed by atoms with van der Waals surface area (Å²) < 4.78 is 10.3. The third-order valence-electron chi connectivity index (χ3n) is 3.41. The van der Waals surface area contributed by atoms with Crippen molar-refractivity contribution in [2.24, 2.45) is 0 Å². The zero-order chi connectivity index (χ0) is 17.4. The summed E-state index contributed by atoms with van der Waals surface area (Å²) in [5, 5.41) is 0. The van der Waals surface area contributed by atoms with Crippen molar-refractivity contribution in [2.45, 2.75) is 20.5 Å². The molecule has 0 aliphatic heterocycles. The maximum absolute atomic E-state index is 12.1. The molecule has 124 valence electrons. The predicted octanol–water partition coefficient (Wildman–Crippen LogP) is 3.93. The fourth-order valence-corrected chi connectivity index (χ4v) is 2.25. The zero-order valence-electron chi connectivity index (χ0n) is 13.8. The van der Waals surface area contributed by atoms with E-state index in [2.05, 4.69) is 0 Å². The van der Waals surface area contributed by atoms with Gasteiger partial charge in [0.2, 0.25) is 0 Å². The van der Waals surface area contributed by atoms with Crippen molar-refractivity contribution < 1.29 is 19.1 Å². The van der Waals surface area contributed by atoms with Crippen molar-refractivity contribution in [3.05, 3.63) is 76.9 Å². The van der Waals surface area contributed by atoms with Crippen LogP contribution in [0.15, 0.2) is 54.6 Å². The van der Waals surface area contributed by atoms with Gasteiger partial charge in [0.05, 0.1) is 12.2 Å². The largest absolute Gasteiger partial charge is 0.462 e. The summed E-state index contributed by atoms with van der Waals surface area (Å²) in [7, 11) is 0. The van der Waals surface area contributed by atoms with Gasteiger partial charge in [-0.3, -0.25) is 0 Å². The molecule has 24 heavy (non-hydrogen) atoms. The molecule has 0 aromatic heterocycles. The maximum atomic E-state index is 12.1. The summed E-state index contributed by atoms with van der Waals surface area (Å²) >= 11 is 0. The van der Waals surface area contributed by atoms with Crippen LogP contribution in [0.25, 0.3) is 6.08 Å². The summed E-state index contributed by atoms with van der Waals surface area (Å²) in [5.74, 6) is -0.858. The molecule has 0 spiro atoms. The van der Waals surface area contributed by atoms with E-state index in [4.69, 9.17) is 9.47 Å². The van der Waals surface area contributed by atoms with E-state index in [0.29, 0.717) is 17.7 Å². The van der Waals surface area contributed by atoms with Crippen LogP contribution >= 0.6 is 0 Å². The standard InChI is InChI=1S/C20H20O4/c1-3-23-20(22)19-15(2)8-7-11-17(19)12-13-18(21)24-14-16-9-5-4-6-10-16/h4-13H,3,14H2,1-2H3/b13-12+. The topological polar surface area (TPSA) is 52.6 Å². The second kappa shape index (κ2) is 8.67. The van der Waals surface area contributed by atoms with Crippen molar-refractivity contribution in [3.63, 3.8) is 0 Å². The van der Waals surface area contributed by atoms with Crippen LogP contribution in [-0.2, 0) is 20.9 Å². The molecule has 0 radical (unpaired) electrons. The lowest BCUT2D eigenvalue weighted by atomic mass is 10.0. The van der Waals surface area contributed by atoms with Crippen LogP contribution in [0.2, 0.25) is 0 Å². The quantitative estimate of drug-likeness (QED) is 0.597. The van der Waals surface area contributed by atoms with E-state index in [1.165, 1.54) is 6.08 Å². The molecule has 0 aliphatic rings. The first-order valence-corrected chi connectivity index (χ1v) is 7.77. The van der Waals surface area contributed by atoms with Gasteiger partial charge in [0.15, 0.2) is 0 Å². The van der Waals surface area contributed by atoms with Crippen LogP contribution in [0.4, 0.5) is 0 Å². The molecule has 0 aliphatic carbocycles. The van der Waals surface area contributed by atoms with Crippen LogP contribution in [-0.4, -0.2) is 18.5 Å². The third kappa shape index (κ3) is 4.81. The Balaban J connectivity index is 2.07. The molecule has 0 bridgehead atoms. The molecule has 2 rings (SSSR count). The number of carbonyl (C=O) groups excluding carboxylic acids is 2. The van der Waals surface area contributed by atoms with Gasteiger partial charge in [-0.2, -0.15) is 0 Å². The zero-order valence-corrected chi connectivity index (χ0v) is 13.8. The molecule has 2 aromatic rings. The Morgan fingerprint density at radius 3 is 2.46 bits per heavy atom. The number of carbonyl (C=O) groups is 2. The summed E-state index contributed by atoms with van der Waals surface area (Å²) in [6.45, 7) is 4.10. The highest BCUT2D eigenvalue weighted by molar-refractivity contribution is 5.97. The summed E-state index contributed by atoms with van der Waals surface area (Å²) in [6.07, 6.45) is 2.90. The average molecular weight is 324 g/mol. The maximum Gasteiger partial charge on any atom is 0.338 e. The fourth-order valence-electron chi connectivity index (χ4n) is 2.25. The van der Waals surface area contributed by atoms with Gasteiger partial charge in [-0.25, -0.2) is 9.59 Å². The Hall–Kier alpha value is -2.88. The van der Waals surface area contributed by atoms with Crippen molar-refractivity contribution in [2.75, 3.05) is 6.61 Å². The van der Waals surface area contributed by atoms with Crippen LogP contribution in [0.1, 0.15) is 34.0 Å². The Morgan fingerprint density at radius 1 is 1.00 bits per heavy atom. The molecule has 2 aromatic carbocycles. The average Bonchev–Trinajstić information content (AvgIpc) is 2.59. The van der Waals surface area contributed by atoms with Gasteiger partial charge >= 0.3 is 11.9 Å². The van der Waals surface area contributed by atoms with E-state index in [0.717, 1.165) is 11.1 Å². The van der Waals surface area contributed by atoms with Gasteiger partial charge in [-0.05, 0) is 36.6 Å². The Bertz CT molecular complexity index is 733. The second-order valence-electron chi connectivity index (χ2n) is 5.19. The molecule has 0 heterocycles. The lowest BCUT2D eigenvalue weighted by Gasteiger charge is -2.08. The van der Waals surface area contributed by atoms with Crippen molar-refractivity contribution in [3.8, 4) is 0 Å². The lowest BCUT2D eigenvalue weighted by molar-refractivity contribution is -0.138. The molecular formula is C20H20O4. The molecule has 4 nitrogen and oxygen atoms in total. The molecule has 0 saturated heterocycles. The van der Waals surface area contributed by atoms with Crippen LogP contribution < -0.4 is 0 Å². The number of benzene rings is 2. The molecule has 4 heteroatoms. The summed E-state index contributed by atoms with van der Waals surface area (Å²) in [5.41, 5.74) is 2.81. The van der Waals surface area contributed by atoms with Gasteiger partial charge in [0.1, 0.15) is 6.61 Å². The van der Waals surface area contributed by atoms with Crippen LogP contribution in [0.3, 0.4) is 0 Å². The molecule has 0 fully saturated rings. The predicted molar refractivity (Wildman–Crippen MR) is 92.4 cm³/mol. The van der Waals surface area contributed by atoms with Crippen LogP contribution in [0, 0.1) is 6.92 Å². The molecule has 0 atom stereocenters. The molecule has 0 saturated carbocycles. The van der Waals surface area contributed by atoms with E-state index in [-0.39, 0.29) is 6.61 Å². The van der Waals surface area contributed by atoms with Gasteiger partial charge < -0.3 is 9.47 Å². The van der Waals surface area contributed by atoms with Gasteiger partial charge in [0, 0.05) is 6.08 Å². The first-order valence-electron chi connectivity index (χ1n) is 7.77. The molecule has 0 unspecified atom stereocenters. The van der Waals surface area contributed by atoms with E-state index in [1.54, 1.807) is 19.1 Å².